The molecule has 1 heterocycles. The quantitative estimate of drug-likeness (QED) is 0.914. The van der Waals surface area contributed by atoms with Crippen LogP contribution in [-0.2, 0) is 11.2 Å². The average molecular weight is 280 g/mol. The van der Waals surface area contributed by atoms with Crippen LogP contribution < -0.4 is 10.2 Å². The summed E-state index contributed by atoms with van der Waals surface area (Å²) in [6.07, 6.45) is 0.550. The van der Waals surface area contributed by atoms with Crippen molar-refractivity contribution in [3.05, 3.63) is 65.7 Å². The standard InChI is InChI=1S/C17H16N2O2/c1-18-16(20)15-11-13-9-5-6-10-14(13)19(15)17(21)12-7-3-2-4-8-12/h2-10,15H,11H2,1H3,(H,18,20). The molecule has 0 radical (unpaired) electrons. The van der Waals surface area contributed by atoms with Crippen LogP contribution in [0, 0.1) is 0 Å². The van der Waals surface area contributed by atoms with Crippen molar-refractivity contribution in [2.45, 2.75) is 12.5 Å². The molecule has 1 aliphatic rings. The third kappa shape index (κ3) is 2.29. The van der Waals surface area contributed by atoms with Crippen molar-refractivity contribution in [2.75, 3.05) is 11.9 Å². The SMILES string of the molecule is CNC(=O)C1Cc2ccccc2N1C(=O)c1ccccc1. The number of nitrogens with zero attached hydrogens (tertiary/aromatic N) is 1. The van der Waals surface area contributed by atoms with E-state index >= 15 is 0 Å². The number of rotatable bonds is 2. The van der Waals surface area contributed by atoms with E-state index in [4.69, 9.17) is 0 Å². The number of carbonyl (C=O) groups is 2. The number of amides is 2. The summed E-state index contributed by atoms with van der Waals surface area (Å²) in [6, 6.07) is 16.2. The third-order valence-electron chi connectivity index (χ3n) is 3.76. The molecule has 106 valence electrons. The van der Waals surface area contributed by atoms with Gasteiger partial charge in [-0.1, -0.05) is 36.4 Å². The highest BCUT2D eigenvalue weighted by molar-refractivity contribution is 6.11. The Labute approximate surface area is 123 Å². The minimum absolute atomic E-state index is 0.143. The van der Waals surface area contributed by atoms with E-state index in [1.165, 1.54) is 0 Å². The van der Waals surface area contributed by atoms with Crippen molar-refractivity contribution in [3.8, 4) is 0 Å². The monoisotopic (exact) mass is 280 g/mol. The number of carbonyl (C=O) groups excluding carboxylic acids is 2. The largest absolute Gasteiger partial charge is 0.357 e. The van der Waals surface area contributed by atoms with Crippen molar-refractivity contribution in [2.24, 2.45) is 0 Å². The van der Waals surface area contributed by atoms with Crippen LogP contribution in [0.15, 0.2) is 54.6 Å². The third-order valence-corrected chi connectivity index (χ3v) is 3.76. The minimum Gasteiger partial charge on any atom is -0.357 e. The highest BCUT2D eigenvalue weighted by atomic mass is 16.2. The van der Waals surface area contributed by atoms with Crippen LogP contribution in [0.5, 0.6) is 0 Å². The molecule has 1 aliphatic heterocycles. The fraction of sp³-hybridized carbons (Fsp3) is 0.176. The van der Waals surface area contributed by atoms with Crippen LogP contribution >= 0.6 is 0 Å². The van der Waals surface area contributed by atoms with Gasteiger partial charge in [-0.2, -0.15) is 0 Å². The Morgan fingerprint density at radius 3 is 2.43 bits per heavy atom. The molecular formula is C17H16N2O2. The van der Waals surface area contributed by atoms with Crippen LogP contribution in [0.3, 0.4) is 0 Å². The zero-order valence-electron chi connectivity index (χ0n) is 11.7. The summed E-state index contributed by atoms with van der Waals surface area (Å²) in [5.41, 5.74) is 2.43. The maximum absolute atomic E-state index is 12.8. The molecule has 2 aromatic rings. The van der Waals surface area contributed by atoms with E-state index in [-0.39, 0.29) is 11.8 Å². The maximum Gasteiger partial charge on any atom is 0.259 e. The van der Waals surface area contributed by atoms with Crippen LogP contribution in [0.1, 0.15) is 15.9 Å². The normalized spacial score (nSPS) is 16.4. The van der Waals surface area contributed by atoms with E-state index in [2.05, 4.69) is 5.32 Å². The molecule has 1 atom stereocenters. The summed E-state index contributed by atoms with van der Waals surface area (Å²) >= 11 is 0. The van der Waals surface area contributed by atoms with E-state index in [0.29, 0.717) is 12.0 Å². The summed E-state index contributed by atoms with van der Waals surface area (Å²) in [7, 11) is 1.59. The first kappa shape index (κ1) is 13.4. The smallest absolute Gasteiger partial charge is 0.259 e. The van der Waals surface area contributed by atoms with Gasteiger partial charge in [0.05, 0.1) is 0 Å². The summed E-state index contributed by atoms with van der Waals surface area (Å²) in [5, 5.41) is 2.65. The van der Waals surface area contributed by atoms with Crippen molar-refractivity contribution in [1.29, 1.82) is 0 Å². The first-order chi connectivity index (χ1) is 10.2. The van der Waals surface area contributed by atoms with E-state index in [9.17, 15) is 9.59 Å². The number of hydrogen-bond donors (Lipinski definition) is 1. The zero-order chi connectivity index (χ0) is 14.8. The second-order valence-corrected chi connectivity index (χ2v) is 5.00. The molecule has 1 N–H and O–H groups in total. The molecule has 0 saturated carbocycles. The summed E-state index contributed by atoms with van der Waals surface area (Å²) < 4.78 is 0. The molecule has 0 aromatic heterocycles. The number of para-hydroxylation sites is 1. The molecular weight excluding hydrogens is 264 g/mol. The molecule has 4 nitrogen and oxygen atoms in total. The van der Waals surface area contributed by atoms with Gasteiger partial charge in [0.2, 0.25) is 5.91 Å². The van der Waals surface area contributed by atoms with Gasteiger partial charge in [-0.3, -0.25) is 14.5 Å². The number of anilines is 1. The van der Waals surface area contributed by atoms with Gasteiger partial charge < -0.3 is 5.32 Å². The summed E-state index contributed by atoms with van der Waals surface area (Å²) in [5.74, 6) is -0.287. The Morgan fingerprint density at radius 1 is 1.05 bits per heavy atom. The second-order valence-electron chi connectivity index (χ2n) is 5.00. The van der Waals surface area contributed by atoms with Gasteiger partial charge in [-0.15, -0.1) is 0 Å². The number of fused-ring (bicyclic) bond motifs is 1. The summed E-state index contributed by atoms with van der Waals surface area (Å²) in [4.78, 5) is 26.5. The zero-order valence-corrected chi connectivity index (χ0v) is 11.7. The lowest BCUT2D eigenvalue weighted by Crippen LogP contribution is -2.47. The van der Waals surface area contributed by atoms with Gasteiger partial charge in [0.25, 0.3) is 5.91 Å². The number of benzene rings is 2. The topological polar surface area (TPSA) is 49.4 Å². The molecule has 21 heavy (non-hydrogen) atoms. The average Bonchev–Trinajstić information content (AvgIpc) is 2.93. The lowest BCUT2D eigenvalue weighted by Gasteiger charge is -2.24. The first-order valence-electron chi connectivity index (χ1n) is 6.90. The molecule has 2 amide bonds. The van der Waals surface area contributed by atoms with E-state index in [0.717, 1.165) is 11.3 Å². The van der Waals surface area contributed by atoms with Gasteiger partial charge in [0, 0.05) is 24.7 Å². The van der Waals surface area contributed by atoms with Crippen molar-refractivity contribution >= 4 is 17.5 Å². The minimum atomic E-state index is -0.486. The fourth-order valence-corrected chi connectivity index (χ4v) is 2.73. The molecule has 0 aliphatic carbocycles. The van der Waals surface area contributed by atoms with Crippen LogP contribution in [0.4, 0.5) is 5.69 Å². The number of nitrogens with one attached hydrogen (secondary N) is 1. The van der Waals surface area contributed by atoms with Crippen LogP contribution in [0.2, 0.25) is 0 Å². The van der Waals surface area contributed by atoms with Crippen molar-refractivity contribution in [1.82, 2.24) is 5.32 Å². The Kier molecular flexibility index (Phi) is 3.44. The molecule has 4 heteroatoms. The molecule has 0 saturated heterocycles. The Bertz CT molecular complexity index is 682. The van der Waals surface area contributed by atoms with Gasteiger partial charge >= 0.3 is 0 Å². The van der Waals surface area contributed by atoms with Gasteiger partial charge in [0.15, 0.2) is 0 Å². The van der Waals surface area contributed by atoms with E-state index in [1.807, 2.05) is 42.5 Å². The van der Waals surface area contributed by atoms with Crippen molar-refractivity contribution < 1.29 is 9.59 Å². The molecule has 3 rings (SSSR count). The first-order valence-corrected chi connectivity index (χ1v) is 6.90. The molecule has 0 bridgehead atoms. The van der Waals surface area contributed by atoms with Gasteiger partial charge in [-0.25, -0.2) is 0 Å². The van der Waals surface area contributed by atoms with Crippen LogP contribution in [-0.4, -0.2) is 24.9 Å². The maximum atomic E-state index is 12.8. The fourth-order valence-electron chi connectivity index (χ4n) is 2.73. The number of hydrogen-bond acceptors (Lipinski definition) is 2. The predicted molar refractivity (Wildman–Crippen MR) is 81.3 cm³/mol. The van der Waals surface area contributed by atoms with Crippen molar-refractivity contribution in [3.63, 3.8) is 0 Å². The van der Waals surface area contributed by atoms with Gasteiger partial charge in [-0.05, 0) is 23.8 Å². The molecule has 2 aromatic carbocycles. The van der Waals surface area contributed by atoms with Gasteiger partial charge in [0.1, 0.15) is 6.04 Å². The molecule has 0 spiro atoms. The molecule has 0 fully saturated rings. The van der Waals surface area contributed by atoms with E-state index < -0.39 is 6.04 Å². The number of likely N-dealkylation sites (N-methyl/N-ethyl adjacent to an activating group) is 1. The second kappa shape index (κ2) is 5.40. The van der Waals surface area contributed by atoms with Crippen LogP contribution in [0.25, 0.3) is 0 Å². The Balaban J connectivity index is 2.03. The lowest BCUT2D eigenvalue weighted by atomic mass is 10.1. The highest BCUT2D eigenvalue weighted by Gasteiger charge is 2.37. The Morgan fingerprint density at radius 2 is 1.71 bits per heavy atom. The Hall–Kier alpha value is -2.62. The predicted octanol–water partition coefficient (Wildman–Crippen LogP) is 2.00. The molecule has 1 unspecified atom stereocenters. The lowest BCUT2D eigenvalue weighted by molar-refractivity contribution is -0.121. The van der Waals surface area contributed by atoms with E-state index in [1.54, 1.807) is 24.1 Å². The summed E-state index contributed by atoms with van der Waals surface area (Å²) in [6.45, 7) is 0. The highest BCUT2D eigenvalue weighted by Crippen LogP contribution is 2.33.